The normalized spacial score (nSPS) is 13.1. The largest absolute Gasteiger partial charge is 0.457 e. The van der Waals surface area contributed by atoms with Crippen LogP contribution in [0, 0.1) is 23.6 Å². The highest BCUT2D eigenvalue weighted by Gasteiger charge is 2.36. The van der Waals surface area contributed by atoms with E-state index in [1.807, 2.05) is 51.1 Å². The number of primary amides is 1. The zero-order valence-corrected chi connectivity index (χ0v) is 22.7. The van der Waals surface area contributed by atoms with Gasteiger partial charge in [0.25, 0.3) is 0 Å². The van der Waals surface area contributed by atoms with Crippen LogP contribution in [0.1, 0.15) is 39.2 Å². The van der Waals surface area contributed by atoms with Crippen molar-refractivity contribution in [3.8, 4) is 11.5 Å². The molecular formula is C32H37FN2O4. The standard InChI is InChI=1S/C32H37FN2O4/c1-22(2)8-7-9-23(3)30(31(34)36)29(21-38-20-24-10-5-4-6-11-24)32(37)35-26-14-18-28(19-15-26)39-27-16-12-25(33)13-17-27/h4-6,8,10-19,23,29-30H,7,9,20-21H2,1-3H3,(H2,34,36)(H,35,37)/t23?,29-,30?/m1/s1. The summed E-state index contributed by atoms with van der Waals surface area (Å²) in [5.74, 6) is -1.78. The summed E-state index contributed by atoms with van der Waals surface area (Å²) in [6.45, 7) is 6.37. The molecule has 0 fully saturated rings. The SMILES string of the molecule is CC(C)=CCCC(C)C(C(N)=O)[C@@H](COCc1ccccc1)C(=O)Nc1ccc(Oc2ccc(F)cc2)cc1. The van der Waals surface area contributed by atoms with Gasteiger partial charge in [-0.3, -0.25) is 9.59 Å². The molecule has 0 aliphatic carbocycles. The van der Waals surface area contributed by atoms with E-state index in [0.29, 0.717) is 23.8 Å². The Morgan fingerprint density at radius 3 is 2.15 bits per heavy atom. The minimum atomic E-state index is -0.775. The number of amides is 2. The lowest BCUT2D eigenvalue weighted by Gasteiger charge is -2.29. The van der Waals surface area contributed by atoms with Crippen molar-refractivity contribution in [3.63, 3.8) is 0 Å². The number of halogens is 1. The van der Waals surface area contributed by atoms with Crippen LogP contribution >= 0.6 is 0 Å². The number of rotatable bonds is 14. The lowest BCUT2D eigenvalue weighted by molar-refractivity contribution is -0.135. The van der Waals surface area contributed by atoms with Crippen LogP contribution in [0.5, 0.6) is 11.5 Å². The van der Waals surface area contributed by atoms with Gasteiger partial charge < -0.3 is 20.5 Å². The van der Waals surface area contributed by atoms with Gasteiger partial charge in [0.2, 0.25) is 11.8 Å². The first-order valence-corrected chi connectivity index (χ1v) is 13.1. The third-order valence-corrected chi connectivity index (χ3v) is 6.47. The molecular weight excluding hydrogens is 495 g/mol. The summed E-state index contributed by atoms with van der Waals surface area (Å²) in [7, 11) is 0. The molecule has 0 radical (unpaired) electrons. The Kier molecular flexibility index (Phi) is 11.3. The van der Waals surface area contributed by atoms with E-state index < -0.39 is 17.7 Å². The van der Waals surface area contributed by atoms with E-state index in [2.05, 4.69) is 11.4 Å². The quantitative estimate of drug-likeness (QED) is 0.222. The van der Waals surface area contributed by atoms with Gasteiger partial charge in [0.05, 0.1) is 25.0 Å². The fraction of sp³-hybridized carbons (Fsp3) is 0.312. The number of carbonyl (C=O) groups excluding carboxylic acids is 2. The number of nitrogens with one attached hydrogen (secondary N) is 1. The van der Waals surface area contributed by atoms with Gasteiger partial charge in [-0.05, 0) is 86.7 Å². The predicted octanol–water partition coefficient (Wildman–Crippen LogP) is 6.87. The van der Waals surface area contributed by atoms with Crippen molar-refractivity contribution in [1.82, 2.24) is 0 Å². The van der Waals surface area contributed by atoms with Gasteiger partial charge in [-0.2, -0.15) is 0 Å². The number of benzene rings is 3. The number of ether oxygens (including phenoxy) is 2. The second-order valence-corrected chi connectivity index (χ2v) is 9.94. The summed E-state index contributed by atoms with van der Waals surface area (Å²) in [6.07, 6.45) is 3.63. The highest BCUT2D eigenvalue weighted by atomic mass is 19.1. The van der Waals surface area contributed by atoms with Crippen LogP contribution in [0.4, 0.5) is 10.1 Å². The van der Waals surface area contributed by atoms with Crippen molar-refractivity contribution in [2.75, 3.05) is 11.9 Å². The number of hydrogen-bond donors (Lipinski definition) is 2. The van der Waals surface area contributed by atoms with Crippen LogP contribution in [0.25, 0.3) is 0 Å². The molecule has 3 aromatic carbocycles. The molecule has 3 atom stereocenters. The number of anilines is 1. The average molecular weight is 533 g/mol. The Bertz CT molecular complexity index is 1220. The summed E-state index contributed by atoms with van der Waals surface area (Å²) >= 11 is 0. The van der Waals surface area contributed by atoms with Crippen molar-refractivity contribution < 1.29 is 23.5 Å². The molecule has 7 heteroatoms. The van der Waals surface area contributed by atoms with E-state index in [4.69, 9.17) is 15.2 Å². The monoisotopic (exact) mass is 532 g/mol. The van der Waals surface area contributed by atoms with Crippen LogP contribution < -0.4 is 15.8 Å². The number of nitrogens with two attached hydrogens (primary N) is 1. The maximum Gasteiger partial charge on any atom is 0.230 e. The van der Waals surface area contributed by atoms with Gasteiger partial charge >= 0.3 is 0 Å². The summed E-state index contributed by atoms with van der Waals surface area (Å²) in [4.78, 5) is 26.2. The van der Waals surface area contributed by atoms with Crippen LogP contribution in [-0.4, -0.2) is 18.4 Å². The molecule has 3 rings (SSSR count). The molecule has 3 N–H and O–H groups in total. The highest BCUT2D eigenvalue weighted by molar-refractivity contribution is 5.96. The summed E-state index contributed by atoms with van der Waals surface area (Å²) in [5, 5.41) is 2.91. The van der Waals surface area contributed by atoms with Gasteiger partial charge in [-0.15, -0.1) is 0 Å². The first-order valence-electron chi connectivity index (χ1n) is 13.1. The second kappa shape index (κ2) is 14.8. The van der Waals surface area contributed by atoms with Crippen molar-refractivity contribution in [2.45, 2.75) is 40.2 Å². The molecule has 0 bridgehead atoms. The van der Waals surface area contributed by atoms with Gasteiger partial charge in [0, 0.05) is 5.69 Å². The van der Waals surface area contributed by atoms with Gasteiger partial charge in [-0.1, -0.05) is 48.9 Å². The lowest BCUT2D eigenvalue weighted by Crippen LogP contribution is -2.43. The smallest absolute Gasteiger partial charge is 0.230 e. The third kappa shape index (κ3) is 9.69. The topological polar surface area (TPSA) is 90.7 Å². The maximum atomic E-state index is 13.5. The van der Waals surface area contributed by atoms with E-state index in [9.17, 15) is 14.0 Å². The van der Waals surface area contributed by atoms with Crippen molar-refractivity contribution in [1.29, 1.82) is 0 Å². The molecule has 39 heavy (non-hydrogen) atoms. The Labute approximate surface area is 230 Å². The molecule has 0 aromatic heterocycles. The van der Waals surface area contributed by atoms with E-state index >= 15 is 0 Å². The third-order valence-electron chi connectivity index (χ3n) is 6.47. The maximum absolute atomic E-state index is 13.5. The van der Waals surface area contributed by atoms with Crippen LogP contribution in [0.3, 0.4) is 0 Å². The molecule has 0 saturated carbocycles. The molecule has 0 heterocycles. The molecule has 2 amide bonds. The molecule has 0 aliphatic heterocycles. The number of allylic oxidation sites excluding steroid dienone is 2. The van der Waals surface area contributed by atoms with Gasteiger partial charge in [0.1, 0.15) is 17.3 Å². The van der Waals surface area contributed by atoms with E-state index in [1.54, 1.807) is 24.3 Å². The number of carbonyl (C=O) groups is 2. The zero-order chi connectivity index (χ0) is 28.2. The van der Waals surface area contributed by atoms with E-state index in [0.717, 1.165) is 18.4 Å². The molecule has 6 nitrogen and oxygen atoms in total. The average Bonchev–Trinajstić information content (AvgIpc) is 2.90. The van der Waals surface area contributed by atoms with Crippen molar-refractivity contribution >= 4 is 17.5 Å². The molecule has 0 aliphatic rings. The van der Waals surface area contributed by atoms with Crippen LogP contribution in [0.15, 0.2) is 90.5 Å². The summed E-state index contributed by atoms with van der Waals surface area (Å²) in [6, 6.07) is 22.2. The van der Waals surface area contributed by atoms with Crippen molar-refractivity contribution in [3.05, 3.63) is 102 Å². The first-order chi connectivity index (χ1) is 18.7. The Hall–Kier alpha value is -3.97. The summed E-state index contributed by atoms with van der Waals surface area (Å²) < 4.78 is 24.8. The summed E-state index contributed by atoms with van der Waals surface area (Å²) in [5.41, 5.74) is 8.57. The van der Waals surface area contributed by atoms with E-state index in [-0.39, 0.29) is 24.2 Å². The van der Waals surface area contributed by atoms with Gasteiger partial charge in [0.15, 0.2) is 0 Å². The Morgan fingerprint density at radius 2 is 1.56 bits per heavy atom. The highest BCUT2D eigenvalue weighted by Crippen LogP contribution is 2.29. The molecule has 0 saturated heterocycles. The minimum Gasteiger partial charge on any atom is -0.457 e. The Morgan fingerprint density at radius 1 is 0.949 bits per heavy atom. The van der Waals surface area contributed by atoms with Crippen molar-refractivity contribution in [2.24, 2.45) is 23.5 Å². The number of hydrogen-bond acceptors (Lipinski definition) is 4. The van der Waals surface area contributed by atoms with Crippen LogP contribution in [-0.2, 0) is 20.9 Å². The molecule has 0 spiro atoms. The first kappa shape index (κ1) is 29.6. The molecule has 3 aromatic rings. The fourth-order valence-electron chi connectivity index (χ4n) is 4.39. The predicted molar refractivity (Wildman–Crippen MR) is 152 cm³/mol. The van der Waals surface area contributed by atoms with E-state index in [1.165, 1.54) is 29.8 Å². The second-order valence-electron chi connectivity index (χ2n) is 9.94. The van der Waals surface area contributed by atoms with Crippen LogP contribution in [0.2, 0.25) is 0 Å². The fourth-order valence-corrected chi connectivity index (χ4v) is 4.39. The lowest BCUT2D eigenvalue weighted by atomic mass is 9.79. The Balaban J connectivity index is 1.72. The molecule has 2 unspecified atom stereocenters. The molecule has 206 valence electrons. The zero-order valence-electron chi connectivity index (χ0n) is 22.7. The minimum absolute atomic E-state index is 0.0487. The van der Waals surface area contributed by atoms with Gasteiger partial charge in [-0.25, -0.2) is 4.39 Å².